The van der Waals surface area contributed by atoms with E-state index in [1.807, 2.05) is 31.2 Å². The first-order valence-corrected chi connectivity index (χ1v) is 8.13. The van der Waals surface area contributed by atoms with E-state index in [0.717, 1.165) is 18.2 Å². The van der Waals surface area contributed by atoms with Crippen LogP contribution in [0.1, 0.15) is 35.5 Å². The van der Waals surface area contributed by atoms with Crippen LogP contribution in [-0.2, 0) is 13.0 Å². The summed E-state index contributed by atoms with van der Waals surface area (Å²) < 4.78 is 10.6. The molecular formula is C18H20N4O3. The Bertz CT molecular complexity index is 891. The smallest absolute Gasteiger partial charge is 0.272 e. The number of rotatable bonds is 6. The Balaban J connectivity index is 1.82. The number of fused-ring (bicyclic) bond motifs is 1. The number of carbonyl (C=O) groups is 1. The fourth-order valence-electron chi connectivity index (χ4n) is 2.57. The third-order valence-corrected chi connectivity index (χ3v) is 3.82. The summed E-state index contributed by atoms with van der Waals surface area (Å²) >= 11 is 0. The zero-order valence-electron chi connectivity index (χ0n) is 14.5. The summed E-state index contributed by atoms with van der Waals surface area (Å²) in [5, 5.41) is 4.77. The van der Waals surface area contributed by atoms with Crippen molar-refractivity contribution in [2.45, 2.75) is 26.3 Å². The van der Waals surface area contributed by atoms with Crippen molar-refractivity contribution in [3.05, 3.63) is 47.7 Å². The minimum atomic E-state index is -0.237. The highest BCUT2D eigenvalue weighted by molar-refractivity contribution is 5.96. The number of benzene rings is 1. The van der Waals surface area contributed by atoms with Gasteiger partial charge in [-0.3, -0.25) is 4.79 Å². The largest absolute Gasteiger partial charge is 0.496 e. The quantitative estimate of drug-likeness (QED) is 0.686. The van der Waals surface area contributed by atoms with E-state index in [2.05, 4.69) is 15.1 Å². The van der Waals surface area contributed by atoms with E-state index in [1.54, 1.807) is 20.2 Å². The van der Waals surface area contributed by atoms with Crippen molar-refractivity contribution >= 4 is 16.8 Å². The minimum Gasteiger partial charge on any atom is -0.496 e. The van der Waals surface area contributed by atoms with E-state index in [4.69, 9.17) is 9.26 Å². The molecule has 0 fully saturated rings. The number of ether oxygens (including phenoxy) is 1. The number of carbonyl (C=O) groups excluding carboxylic acids is 1. The molecule has 2 heterocycles. The van der Waals surface area contributed by atoms with Gasteiger partial charge in [-0.05, 0) is 18.6 Å². The Hall–Kier alpha value is -2.96. The van der Waals surface area contributed by atoms with Gasteiger partial charge < -0.3 is 14.2 Å². The van der Waals surface area contributed by atoms with Crippen LogP contribution in [0.3, 0.4) is 0 Å². The maximum absolute atomic E-state index is 12.7. The lowest BCUT2D eigenvalue weighted by Crippen LogP contribution is -2.27. The number of methoxy groups -OCH3 is 1. The van der Waals surface area contributed by atoms with Crippen molar-refractivity contribution < 1.29 is 14.1 Å². The molecule has 0 saturated carbocycles. The molecular weight excluding hydrogens is 320 g/mol. The van der Waals surface area contributed by atoms with Crippen LogP contribution in [0.5, 0.6) is 5.75 Å². The van der Waals surface area contributed by atoms with E-state index in [-0.39, 0.29) is 12.5 Å². The molecule has 25 heavy (non-hydrogen) atoms. The number of aromatic nitrogens is 3. The van der Waals surface area contributed by atoms with Gasteiger partial charge in [-0.25, -0.2) is 4.98 Å². The van der Waals surface area contributed by atoms with Crippen LogP contribution in [0.4, 0.5) is 0 Å². The summed E-state index contributed by atoms with van der Waals surface area (Å²) in [6.07, 6.45) is 1.69. The SMILES string of the molecule is CCCc1noc(CN(C)C(=O)c2cc(OC)c3ccccc3n2)n1. The number of pyridine rings is 1. The highest BCUT2D eigenvalue weighted by atomic mass is 16.5. The zero-order chi connectivity index (χ0) is 17.8. The number of amides is 1. The average molecular weight is 340 g/mol. The van der Waals surface area contributed by atoms with Gasteiger partial charge in [0.1, 0.15) is 18.0 Å². The lowest BCUT2D eigenvalue weighted by atomic mass is 10.1. The standard InChI is InChI=1S/C18H20N4O3/c1-4-7-16-20-17(25-21-16)11-22(2)18(23)14-10-15(24-3)12-8-5-6-9-13(12)19-14/h5-6,8-10H,4,7,11H2,1-3H3. The van der Waals surface area contributed by atoms with Gasteiger partial charge in [-0.2, -0.15) is 4.98 Å². The van der Waals surface area contributed by atoms with Crippen molar-refractivity contribution in [3.8, 4) is 5.75 Å². The predicted octanol–water partition coefficient (Wildman–Crippen LogP) is 2.85. The lowest BCUT2D eigenvalue weighted by Gasteiger charge is -2.15. The molecule has 3 aromatic rings. The molecule has 7 heteroatoms. The molecule has 0 saturated heterocycles. The van der Waals surface area contributed by atoms with Crippen molar-refractivity contribution in [1.29, 1.82) is 0 Å². The van der Waals surface area contributed by atoms with Crippen LogP contribution in [0, 0.1) is 0 Å². The zero-order valence-corrected chi connectivity index (χ0v) is 14.5. The van der Waals surface area contributed by atoms with Gasteiger partial charge in [0, 0.05) is 24.9 Å². The Labute approximate surface area is 145 Å². The van der Waals surface area contributed by atoms with Gasteiger partial charge in [0.25, 0.3) is 5.91 Å². The van der Waals surface area contributed by atoms with Crippen LogP contribution in [-0.4, -0.2) is 40.1 Å². The highest BCUT2D eigenvalue weighted by Gasteiger charge is 2.19. The van der Waals surface area contributed by atoms with E-state index in [1.165, 1.54) is 4.90 Å². The number of nitrogens with zero attached hydrogens (tertiary/aromatic N) is 4. The fourth-order valence-corrected chi connectivity index (χ4v) is 2.57. The summed E-state index contributed by atoms with van der Waals surface area (Å²) in [5.41, 5.74) is 1.02. The second-order valence-electron chi connectivity index (χ2n) is 5.74. The monoisotopic (exact) mass is 340 g/mol. The summed E-state index contributed by atoms with van der Waals surface area (Å²) in [5.74, 6) is 1.44. The molecule has 0 aliphatic rings. The fraction of sp³-hybridized carbons (Fsp3) is 0.333. The third-order valence-electron chi connectivity index (χ3n) is 3.82. The first-order valence-electron chi connectivity index (χ1n) is 8.13. The van der Waals surface area contributed by atoms with Gasteiger partial charge in [-0.1, -0.05) is 24.2 Å². The summed E-state index contributed by atoms with van der Waals surface area (Å²) in [7, 11) is 3.25. The summed E-state index contributed by atoms with van der Waals surface area (Å²) in [6, 6.07) is 9.19. The highest BCUT2D eigenvalue weighted by Crippen LogP contribution is 2.25. The molecule has 3 rings (SSSR count). The Morgan fingerprint density at radius 1 is 1.28 bits per heavy atom. The van der Waals surface area contributed by atoms with Gasteiger partial charge in [0.2, 0.25) is 5.89 Å². The normalized spacial score (nSPS) is 10.8. The Morgan fingerprint density at radius 2 is 2.08 bits per heavy atom. The van der Waals surface area contributed by atoms with Crippen LogP contribution >= 0.6 is 0 Å². The Kier molecular flexibility index (Phi) is 4.92. The van der Waals surface area contributed by atoms with Gasteiger partial charge in [0.05, 0.1) is 12.6 Å². The van der Waals surface area contributed by atoms with Crippen molar-refractivity contribution in [2.75, 3.05) is 14.2 Å². The first kappa shape index (κ1) is 16.9. The Morgan fingerprint density at radius 3 is 2.84 bits per heavy atom. The third kappa shape index (κ3) is 3.60. The molecule has 0 aliphatic heterocycles. The maximum atomic E-state index is 12.7. The van der Waals surface area contributed by atoms with Crippen molar-refractivity contribution in [2.24, 2.45) is 0 Å². The molecule has 130 valence electrons. The van der Waals surface area contributed by atoms with Crippen LogP contribution in [0.15, 0.2) is 34.9 Å². The van der Waals surface area contributed by atoms with E-state index < -0.39 is 0 Å². The summed E-state index contributed by atoms with van der Waals surface area (Å²) in [6.45, 7) is 2.27. The molecule has 0 bridgehead atoms. The van der Waals surface area contributed by atoms with Gasteiger partial charge in [0.15, 0.2) is 5.82 Å². The number of hydrogen-bond acceptors (Lipinski definition) is 6. The molecule has 0 unspecified atom stereocenters. The van der Waals surface area contributed by atoms with Crippen LogP contribution in [0.25, 0.3) is 10.9 Å². The van der Waals surface area contributed by atoms with E-state index in [0.29, 0.717) is 28.7 Å². The molecule has 0 radical (unpaired) electrons. The molecule has 0 aliphatic carbocycles. The van der Waals surface area contributed by atoms with Gasteiger partial charge in [-0.15, -0.1) is 0 Å². The van der Waals surface area contributed by atoms with Crippen molar-refractivity contribution in [3.63, 3.8) is 0 Å². The number of hydrogen-bond donors (Lipinski definition) is 0. The van der Waals surface area contributed by atoms with Crippen LogP contribution in [0.2, 0.25) is 0 Å². The maximum Gasteiger partial charge on any atom is 0.272 e. The molecule has 2 aromatic heterocycles. The minimum absolute atomic E-state index is 0.229. The van der Waals surface area contributed by atoms with Crippen molar-refractivity contribution in [1.82, 2.24) is 20.0 Å². The number of aryl methyl sites for hydroxylation is 1. The lowest BCUT2D eigenvalue weighted by molar-refractivity contribution is 0.0764. The first-order chi connectivity index (χ1) is 12.1. The molecule has 0 N–H and O–H groups in total. The molecule has 1 aromatic carbocycles. The topological polar surface area (TPSA) is 81.4 Å². The molecule has 0 spiro atoms. The second-order valence-corrected chi connectivity index (χ2v) is 5.74. The molecule has 7 nitrogen and oxygen atoms in total. The second kappa shape index (κ2) is 7.29. The van der Waals surface area contributed by atoms with Crippen LogP contribution < -0.4 is 4.74 Å². The van der Waals surface area contributed by atoms with E-state index >= 15 is 0 Å². The number of para-hydroxylation sites is 1. The van der Waals surface area contributed by atoms with Gasteiger partial charge >= 0.3 is 0 Å². The molecule has 0 atom stereocenters. The summed E-state index contributed by atoms with van der Waals surface area (Å²) in [4.78, 5) is 22.9. The van der Waals surface area contributed by atoms with E-state index in [9.17, 15) is 4.79 Å². The predicted molar refractivity (Wildman–Crippen MR) is 92.4 cm³/mol. The molecule has 1 amide bonds. The average Bonchev–Trinajstić information content (AvgIpc) is 3.07.